The van der Waals surface area contributed by atoms with Crippen molar-refractivity contribution >= 4 is 11.8 Å². The van der Waals surface area contributed by atoms with E-state index in [1.165, 1.54) is 17.0 Å². The second-order valence-corrected chi connectivity index (χ2v) is 5.90. The standard InChI is InChI=1S/C16H22FN3O2/c1-11(20-8-6-13(7-9-20)15(18)21)16(22)19-10-12-2-4-14(17)5-3-12/h2-5,11,13H,6-10H2,1H3,(H2,18,21)(H,19,22)/p+1/t11-/m1/s1. The normalized spacial score (nSPS) is 22.8. The predicted octanol–water partition coefficient (Wildman–Crippen LogP) is -0.389. The quantitative estimate of drug-likeness (QED) is 0.693. The predicted molar refractivity (Wildman–Crippen MR) is 80.3 cm³/mol. The van der Waals surface area contributed by atoms with E-state index in [1.54, 1.807) is 12.1 Å². The molecule has 120 valence electrons. The Morgan fingerprint density at radius 2 is 1.91 bits per heavy atom. The lowest BCUT2D eigenvalue weighted by Gasteiger charge is -2.31. The maximum Gasteiger partial charge on any atom is 0.278 e. The number of likely N-dealkylation sites (tertiary alicyclic amines) is 1. The molecule has 1 heterocycles. The number of carbonyl (C=O) groups is 2. The Morgan fingerprint density at radius 1 is 1.32 bits per heavy atom. The van der Waals surface area contributed by atoms with Gasteiger partial charge in [0.25, 0.3) is 5.91 Å². The first-order valence-electron chi connectivity index (χ1n) is 7.63. The third-order valence-electron chi connectivity index (χ3n) is 4.42. The monoisotopic (exact) mass is 308 g/mol. The van der Waals surface area contributed by atoms with Crippen LogP contribution in [0.25, 0.3) is 0 Å². The number of piperidine rings is 1. The molecule has 2 rings (SSSR count). The molecule has 0 radical (unpaired) electrons. The van der Waals surface area contributed by atoms with Gasteiger partial charge in [0.05, 0.1) is 13.1 Å². The van der Waals surface area contributed by atoms with Gasteiger partial charge in [-0.15, -0.1) is 0 Å². The average molecular weight is 308 g/mol. The van der Waals surface area contributed by atoms with Crippen molar-refractivity contribution < 1.29 is 18.9 Å². The second kappa shape index (κ2) is 7.35. The maximum atomic E-state index is 12.8. The van der Waals surface area contributed by atoms with E-state index in [2.05, 4.69) is 5.32 Å². The summed E-state index contributed by atoms with van der Waals surface area (Å²) in [5, 5.41) is 2.88. The highest BCUT2D eigenvalue weighted by Gasteiger charge is 2.31. The maximum absolute atomic E-state index is 12.8. The third-order valence-corrected chi connectivity index (χ3v) is 4.42. The van der Waals surface area contributed by atoms with Gasteiger partial charge in [-0.1, -0.05) is 12.1 Å². The van der Waals surface area contributed by atoms with Gasteiger partial charge in [-0.2, -0.15) is 0 Å². The van der Waals surface area contributed by atoms with Crippen LogP contribution in [-0.2, 0) is 16.1 Å². The van der Waals surface area contributed by atoms with Gasteiger partial charge in [-0.05, 0) is 24.6 Å². The van der Waals surface area contributed by atoms with Crippen LogP contribution in [0.4, 0.5) is 4.39 Å². The van der Waals surface area contributed by atoms with E-state index < -0.39 is 0 Å². The van der Waals surface area contributed by atoms with E-state index >= 15 is 0 Å². The number of halogens is 1. The highest BCUT2D eigenvalue weighted by molar-refractivity contribution is 5.80. The van der Waals surface area contributed by atoms with E-state index in [0.29, 0.717) is 6.54 Å². The van der Waals surface area contributed by atoms with Crippen molar-refractivity contribution in [2.24, 2.45) is 11.7 Å². The van der Waals surface area contributed by atoms with Crippen molar-refractivity contribution in [3.05, 3.63) is 35.6 Å². The molecule has 1 fully saturated rings. The van der Waals surface area contributed by atoms with Crippen LogP contribution >= 0.6 is 0 Å². The number of benzene rings is 1. The molecule has 0 aromatic heterocycles. The Labute approximate surface area is 129 Å². The molecule has 1 aliphatic rings. The average Bonchev–Trinajstić information content (AvgIpc) is 2.53. The molecule has 1 aromatic rings. The smallest absolute Gasteiger partial charge is 0.278 e. The Balaban J connectivity index is 1.80. The fraction of sp³-hybridized carbons (Fsp3) is 0.500. The van der Waals surface area contributed by atoms with Crippen LogP contribution in [0.5, 0.6) is 0 Å². The molecule has 0 spiro atoms. The first-order valence-corrected chi connectivity index (χ1v) is 7.63. The third kappa shape index (κ3) is 4.27. The molecule has 22 heavy (non-hydrogen) atoms. The molecule has 1 saturated heterocycles. The van der Waals surface area contributed by atoms with Crippen LogP contribution in [-0.4, -0.2) is 30.9 Å². The van der Waals surface area contributed by atoms with E-state index in [1.807, 2.05) is 6.92 Å². The molecular formula is C16H23FN3O2+. The first-order chi connectivity index (χ1) is 10.5. The van der Waals surface area contributed by atoms with E-state index in [-0.39, 0.29) is 29.6 Å². The van der Waals surface area contributed by atoms with Gasteiger partial charge in [0.2, 0.25) is 5.91 Å². The van der Waals surface area contributed by atoms with Crippen molar-refractivity contribution in [1.29, 1.82) is 0 Å². The van der Waals surface area contributed by atoms with Crippen molar-refractivity contribution in [1.82, 2.24) is 5.32 Å². The van der Waals surface area contributed by atoms with Crippen LogP contribution in [0.2, 0.25) is 0 Å². The Bertz CT molecular complexity index is 525. The SMILES string of the molecule is C[C@H](C(=O)NCc1ccc(F)cc1)[NH+]1CCC(C(N)=O)CC1. The number of carbonyl (C=O) groups excluding carboxylic acids is 2. The lowest BCUT2D eigenvalue weighted by Crippen LogP contribution is -3.17. The highest BCUT2D eigenvalue weighted by atomic mass is 19.1. The minimum absolute atomic E-state index is 0.0307. The van der Waals surface area contributed by atoms with Gasteiger partial charge in [-0.25, -0.2) is 4.39 Å². The number of hydrogen-bond acceptors (Lipinski definition) is 2. The first kappa shape index (κ1) is 16.4. The largest absolute Gasteiger partial charge is 0.369 e. The summed E-state index contributed by atoms with van der Waals surface area (Å²) >= 11 is 0. The van der Waals surface area contributed by atoms with Crippen LogP contribution in [0.3, 0.4) is 0 Å². The summed E-state index contributed by atoms with van der Waals surface area (Å²) < 4.78 is 12.8. The molecule has 0 unspecified atom stereocenters. The Hall–Kier alpha value is -1.95. The number of rotatable bonds is 5. The zero-order chi connectivity index (χ0) is 16.1. The number of primary amides is 1. The molecule has 1 atom stereocenters. The van der Waals surface area contributed by atoms with Crippen LogP contribution < -0.4 is 16.0 Å². The summed E-state index contributed by atoms with van der Waals surface area (Å²) in [4.78, 5) is 24.5. The van der Waals surface area contributed by atoms with Gasteiger partial charge in [-0.3, -0.25) is 9.59 Å². The zero-order valence-electron chi connectivity index (χ0n) is 12.8. The summed E-state index contributed by atoms with van der Waals surface area (Å²) in [6.45, 7) is 3.83. The molecule has 2 amide bonds. The zero-order valence-corrected chi connectivity index (χ0v) is 12.8. The van der Waals surface area contributed by atoms with Gasteiger partial charge in [0.15, 0.2) is 6.04 Å². The summed E-state index contributed by atoms with van der Waals surface area (Å²) in [6.07, 6.45) is 1.47. The molecule has 5 nitrogen and oxygen atoms in total. The summed E-state index contributed by atoms with van der Waals surface area (Å²) in [6, 6.07) is 5.90. The van der Waals surface area contributed by atoms with E-state index in [0.717, 1.165) is 31.5 Å². The van der Waals surface area contributed by atoms with Gasteiger partial charge in [0, 0.05) is 25.3 Å². The highest BCUT2D eigenvalue weighted by Crippen LogP contribution is 2.08. The van der Waals surface area contributed by atoms with Crippen LogP contribution in [0, 0.1) is 11.7 Å². The number of nitrogens with two attached hydrogens (primary N) is 1. The minimum Gasteiger partial charge on any atom is -0.369 e. The number of quaternary nitrogens is 1. The molecule has 0 bridgehead atoms. The lowest BCUT2D eigenvalue weighted by atomic mass is 9.95. The fourth-order valence-corrected chi connectivity index (χ4v) is 2.84. The van der Waals surface area contributed by atoms with Gasteiger partial charge in [0.1, 0.15) is 5.82 Å². The summed E-state index contributed by atoms with van der Waals surface area (Å²) in [5.74, 6) is -0.618. The van der Waals surface area contributed by atoms with Crippen molar-refractivity contribution in [3.63, 3.8) is 0 Å². The number of hydrogen-bond donors (Lipinski definition) is 3. The fourth-order valence-electron chi connectivity index (χ4n) is 2.84. The van der Waals surface area contributed by atoms with Gasteiger partial charge >= 0.3 is 0 Å². The van der Waals surface area contributed by atoms with E-state index in [4.69, 9.17) is 5.73 Å². The molecule has 6 heteroatoms. The number of amides is 2. The van der Waals surface area contributed by atoms with Crippen LogP contribution in [0.1, 0.15) is 25.3 Å². The second-order valence-electron chi connectivity index (χ2n) is 5.90. The topological polar surface area (TPSA) is 76.6 Å². The van der Waals surface area contributed by atoms with E-state index in [9.17, 15) is 14.0 Å². The van der Waals surface area contributed by atoms with Gasteiger partial charge < -0.3 is 16.0 Å². The Kier molecular flexibility index (Phi) is 5.49. The summed E-state index contributed by atoms with van der Waals surface area (Å²) in [7, 11) is 0. The Morgan fingerprint density at radius 3 is 2.45 bits per heavy atom. The van der Waals surface area contributed by atoms with Crippen molar-refractivity contribution in [3.8, 4) is 0 Å². The van der Waals surface area contributed by atoms with Crippen LogP contribution in [0.15, 0.2) is 24.3 Å². The minimum atomic E-state index is -0.287. The van der Waals surface area contributed by atoms with Crippen molar-refractivity contribution in [2.75, 3.05) is 13.1 Å². The molecule has 4 N–H and O–H groups in total. The molecule has 1 aliphatic heterocycles. The molecule has 0 saturated carbocycles. The lowest BCUT2D eigenvalue weighted by molar-refractivity contribution is -0.919. The summed E-state index contributed by atoms with van der Waals surface area (Å²) in [5.41, 5.74) is 6.18. The molecule has 0 aliphatic carbocycles. The molecule has 1 aromatic carbocycles. The molecular weight excluding hydrogens is 285 g/mol. The number of nitrogens with one attached hydrogen (secondary N) is 2. The van der Waals surface area contributed by atoms with Crippen molar-refractivity contribution in [2.45, 2.75) is 32.4 Å².